The number of rotatable bonds is 5. The predicted octanol–water partition coefficient (Wildman–Crippen LogP) is 3.41. The molecule has 0 atom stereocenters. The molecule has 0 fully saturated rings. The van der Waals surface area contributed by atoms with Crippen molar-refractivity contribution in [3.8, 4) is 5.75 Å². The van der Waals surface area contributed by atoms with Crippen LogP contribution in [-0.2, 0) is 6.42 Å². The highest BCUT2D eigenvalue weighted by Gasteiger charge is 2.06. The first kappa shape index (κ1) is 14.6. The minimum absolute atomic E-state index is 0.504. The molecule has 0 aliphatic heterocycles. The van der Waals surface area contributed by atoms with Crippen LogP contribution >= 0.6 is 11.6 Å². The number of benzene rings is 1. The molecule has 20 heavy (non-hydrogen) atoms. The van der Waals surface area contributed by atoms with Crippen molar-refractivity contribution in [1.29, 1.82) is 0 Å². The van der Waals surface area contributed by atoms with Gasteiger partial charge in [0.1, 0.15) is 22.5 Å². The van der Waals surface area contributed by atoms with E-state index >= 15 is 0 Å². The van der Waals surface area contributed by atoms with Crippen LogP contribution in [0.1, 0.15) is 17.0 Å². The number of ether oxygens (including phenoxy) is 1. The lowest BCUT2D eigenvalue weighted by molar-refractivity contribution is 0.414. The third kappa shape index (κ3) is 3.61. The van der Waals surface area contributed by atoms with Gasteiger partial charge >= 0.3 is 0 Å². The molecule has 0 spiro atoms. The molecule has 4 nitrogen and oxygen atoms in total. The number of hydrogen-bond acceptors (Lipinski definition) is 4. The Morgan fingerprint density at radius 1 is 1.15 bits per heavy atom. The van der Waals surface area contributed by atoms with E-state index in [0.29, 0.717) is 11.0 Å². The molecule has 5 heteroatoms. The average Bonchev–Trinajstić information content (AvgIpc) is 2.44. The van der Waals surface area contributed by atoms with E-state index < -0.39 is 0 Å². The Morgan fingerprint density at radius 3 is 2.50 bits per heavy atom. The largest absolute Gasteiger partial charge is 0.497 e. The van der Waals surface area contributed by atoms with Crippen LogP contribution < -0.4 is 10.1 Å². The van der Waals surface area contributed by atoms with E-state index in [2.05, 4.69) is 27.4 Å². The molecule has 0 aliphatic carbocycles. The van der Waals surface area contributed by atoms with Crippen LogP contribution in [0.15, 0.2) is 24.3 Å². The third-order valence-electron chi connectivity index (χ3n) is 3.06. The highest BCUT2D eigenvalue weighted by Crippen LogP contribution is 2.19. The molecule has 0 unspecified atom stereocenters. The molecule has 1 N–H and O–H groups in total. The van der Waals surface area contributed by atoms with Crippen LogP contribution in [0.2, 0.25) is 5.15 Å². The van der Waals surface area contributed by atoms with Crippen molar-refractivity contribution in [2.75, 3.05) is 19.0 Å². The summed E-state index contributed by atoms with van der Waals surface area (Å²) in [5.41, 5.74) is 2.12. The summed E-state index contributed by atoms with van der Waals surface area (Å²) < 4.78 is 5.14. The van der Waals surface area contributed by atoms with E-state index in [1.54, 1.807) is 7.11 Å². The lowest BCUT2D eigenvalue weighted by Gasteiger charge is -2.10. The van der Waals surface area contributed by atoms with E-state index in [0.717, 1.165) is 30.1 Å². The molecule has 0 saturated carbocycles. The maximum atomic E-state index is 6.04. The summed E-state index contributed by atoms with van der Waals surface area (Å²) in [4.78, 5) is 8.49. The predicted molar refractivity (Wildman–Crippen MR) is 81.7 cm³/mol. The van der Waals surface area contributed by atoms with Crippen molar-refractivity contribution < 1.29 is 4.74 Å². The fourth-order valence-electron chi connectivity index (χ4n) is 1.88. The number of nitrogens with one attached hydrogen (secondary N) is 1. The highest BCUT2D eigenvalue weighted by molar-refractivity contribution is 6.30. The van der Waals surface area contributed by atoms with E-state index in [4.69, 9.17) is 16.3 Å². The van der Waals surface area contributed by atoms with Gasteiger partial charge in [-0.15, -0.1) is 0 Å². The monoisotopic (exact) mass is 291 g/mol. The first-order valence-corrected chi connectivity index (χ1v) is 6.85. The Bertz CT molecular complexity index is 584. The van der Waals surface area contributed by atoms with Crippen molar-refractivity contribution >= 4 is 17.4 Å². The topological polar surface area (TPSA) is 47.0 Å². The summed E-state index contributed by atoms with van der Waals surface area (Å²) in [5, 5.41) is 3.81. The Morgan fingerprint density at radius 2 is 1.85 bits per heavy atom. The van der Waals surface area contributed by atoms with Gasteiger partial charge in [0.05, 0.1) is 7.11 Å². The second-order valence-corrected chi connectivity index (χ2v) is 4.92. The van der Waals surface area contributed by atoms with E-state index in [1.807, 2.05) is 26.0 Å². The fraction of sp³-hybridized carbons (Fsp3) is 0.333. The number of methoxy groups -OCH3 is 1. The number of aromatic nitrogens is 2. The number of aryl methyl sites for hydroxylation is 1. The van der Waals surface area contributed by atoms with Crippen LogP contribution in [0.25, 0.3) is 0 Å². The maximum Gasteiger partial charge on any atom is 0.137 e. The van der Waals surface area contributed by atoms with E-state index in [-0.39, 0.29) is 0 Å². The zero-order valence-electron chi connectivity index (χ0n) is 11.9. The molecule has 0 radical (unpaired) electrons. The standard InChI is InChI=1S/C15H18ClN3O/c1-10-14(16)18-11(2)19-15(10)17-9-8-12-4-6-13(20-3)7-5-12/h4-7H,8-9H2,1-3H3,(H,17,18,19). The molecule has 2 aromatic rings. The van der Waals surface area contributed by atoms with Crippen molar-refractivity contribution in [2.45, 2.75) is 20.3 Å². The molecule has 0 amide bonds. The van der Waals surface area contributed by atoms with Gasteiger partial charge in [0.25, 0.3) is 0 Å². The number of anilines is 1. The van der Waals surface area contributed by atoms with Gasteiger partial charge in [-0.3, -0.25) is 0 Å². The normalized spacial score (nSPS) is 10.4. The maximum absolute atomic E-state index is 6.04. The Labute approximate surface area is 124 Å². The summed E-state index contributed by atoms with van der Waals surface area (Å²) in [6, 6.07) is 8.05. The Balaban J connectivity index is 1.95. The lowest BCUT2D eigenvalue weighted by atomic mass is 10.1. The zero-order valence-corrected chi connectivity index (χ0v) is 12.7. The fourth-order valence-corrected chi connectivity index (χ4v) is 2.10. The molecular formula is C15H18ClN3O. The molecular weight excluding hydrogens is 274 g/mol. The van der Waals surface area contributed by atoms with Gasteiger partial charge < -0.3 is 10.1 Å². The summed E-state index contributed by atoms with van der Waals surface area (Å²) >= 11 is 6.04. The van der Waals surface area contributed by atoms with Crippen LogP contribution in [0.5, 0.6) is 5.75 Å². The van der Waals surface area contributed by atoms with Crippen LogP contribution in [-0.4, -0.2) is 23.6 Å². The molecule has 1 heterocycles. The van der Waals surface area contributed by atoms with Gasteiger partial charge in [-0.2, -0.15) is 0 Å². The Hall–Kier alpha value is -1.81. The van der Waals surface area contributed by atoms with Crippen LogP contribution in [0.4, 0.5) is 5.82 Å². The second-order valence-electron chi connectivity index (χ2n) is 4.56. The second kappa shape index (κ2) is 6.57. The van der Waals surface area contributed by atoms with Gasteiger partial charge in [-0.25, -0.2) is 9.97 Å². The summed E-state index contributed by atoms with van der Waals surface area (Å²) in [6.45, 7) is 4.54. The molecule has 106 valence electrons. The Kier molecular flexibility index (Phi) is 4.79. The number of hydrogen-bond donors (Lipinski definition) is 1. The lowest BCUT2D eigenvalue weighted by Crippen LogP contribution is -2.09. The third-order valence-corrected chi connectivity index (χ3v) is 3.43. The van der Waals surface area contributed by atoms with E-state index in [9.17, 15) is 0 Å². The average molecular weight is 292 g/mol. The quantitative estimate of drug-likeness (QED) is 0.858. The SMILES string of the molecule is COc1ccc(CCNc2nc(C)nc(Cl)c2C)cc1. The summed E-state index contributed by atoms with van der Waals surface area (Å²) in [6.07, 6.45) is 0.907. The van der Waals surface area contributed by atoms with Gasteiger partial charge in [0.15, 0.2) is 0 Å². The highest BCUT2D eigenvalue weighted by atomic mass is 35.5. The van der Waals surface area contributed by atoms with Crippen LogP contribution in [0, 0.1) is 13.8 Å². The van der Waals surface area contributed by atoms with Gasteiger partial charge in [-0.1, -0.05) is 23.7 Å². The van der Waals surface area contributed by atoms with Gasteiger partial charge in [-0.05, 0) is 38.0 Å². The minimum atomic E-state index is 0.504. The summed E-state index contributed by atoms with van der Waals surface area (Å²) in [5.74, 6) is 2.35. The molecule has 0 aliphatic rings. The van der Waals surface area contributed by atoms with Crippen molar-refractivity contribution in [1.82, 2.24) is 9.97 Å². The number of halogens is 1. The molecule has 1 aromatic carbocycles. The molecule has 0 bridgehead atoms. The van der Waals surface area contributed by atoms with Crippen molar-refractivity contribution in [2.24, 2.45) is 0 Å². The summed E-state index contributed by atoms with van der Waals surface area (Å²) in [7, 11) is 1.67. The first-order valence-electron chi connectivity index (χ1n) is 6.47. The van der Waals surface area contributed by atoms with Crippen molar-refractivity contribution in [3.63, 3.8) is 0 Å². The molecule has 2 rings (SSSR count). The smallest absolute Gasteiger partial charge is 0.137 e. The van der Waals surface area contributed by atoms with Crippen LogP contribution in [0.3, 0.4) is 0 Å². The molecule has 0 saturated heterocycles. The first-order chi connectivity index (χ1) is 9.60. The number of nitrogens with zero attached hydrogens (tertiary/aromatic N) is 2. The molecule has 1 aromatic heterocycles. The van der Waals surface area contributed by atoms with Crippen molar-refractivity contribution in [3.05, 3.63) is 46.4 Å². The van der Waals surface area contributed by atoms with Gasteiger partial charge in [0, 0.05) is 12.1 Å². The van der Waals surface area contributed by atoms with E-state index in [1.165, 1.54) is 5.56 Å². The minimum Gasteiger partial charge on any atom is -0.497 e. The van der Waals surface area contributed by atoms with Gasteiger partial charge in [0.2, 0.25) is 0 Å². The zero-order chi connectivity index (χ0) is 14.5.